The number of nitrogens with zero attached hydrogens (tertiary/aromatic N) is 1. The highest BCUT2D eigenvalue weighted by atomic mass is 15.2. The molecule has 0 amide bonds. The molecule has 3 nitrogen and oxygen atoms in total. The molecule has 0 spiro atoms. The van der Waals surface area contributed by atoms with Gasteiger partial charge in [-0.15, -0.1) is 0 Å². The van der Waals surface area contributed by atoms with Crippen LogP contribution in [0, 0.1) is 5.41 Å². The van der Waals surface area contributed by atoms with Crippen molar-refractivity contribution in [2.24, 2.45) is 5.73 Å². The van der Waals surface area contributed by atoms with Crippen LogP contribution in [0.1, 0.15) is 24.5 Å². The first-order valence-electron chi connectivity index (χ1n) is 5.83. The molecule has 1 unspecified atom stereocenters. The molecule has 1 heterocycles. The first kappa shape index (κ1) is 11.1. The molecule has 0 aliphatic carbocycles. The molecule has 1 atom stereocenters. The lowest BCUT2D eigenvalue weighted by molar-refractivity contribution is 0.247. The largest absolute Gasteiger partial charge is 0.386 e. The molecule has 0 radical (unpaired) electrons. The van der Waals surface area contributed by atoms with Crippen molar-refractivity contribution in [1.29, 1.82) is 5.41 Å². The molecule has 16 heavy (non-hydrogen) atoms. The van der Waals surface area contributed by atoms with E-state index in [1.165, 1.54) is 11.1 Å². The number of hydrogen-bond acceptors (Lipinski definition) is 2. The van der Waals surface area contributed by atoms with Gasteiger partial charge in [0.2, 0.25) is 0 Å². The van der Waals surface area contributed by atoms with Crippen LogP contribution in [-0.4, -0.2) is 23.3 Å². The van der Waals surface area contributed by atoms with Crippen LogP contribution >= 0.6 is 0 Å². The zero-order valence-corrected chi connectivity index (χ0v) is 9.74. The number of nitrogens with one attached hydrogen (secondary N) is 1. The average molecular weight is 217 g/mol. The number of aryl methyl sites for hydroxylation is 1. The Hall–Kier alpha value is -1.35. The molecule has 86 valence electrons. The van der Waals surface area contributed by atoms with Crippen molar-refractivity contribution in [2.75, 3.05) is 6.54 Å². The topological polar surface area (TPSA) is 53.1 Å². The molecule has 0 saturated heterocycles. The summed E-state index contributed by atoms with van der Waals surface area (Å²) < 4.78 is 0. The highest BCUT2D eigenvalue weighted by molar-refractivity contribution is 5.82. The highest BCUT2D eigenvalue weighted by Gasteiger charge is 2.20. The van der Waals surface area contributed by atoms with Crippen LogP contribution < -0.4 is 5.73 Å². The van der Waals surface area contributed by atoms with E-state index in [1.54, 1.807) is 0 Å². The Morgan fingerprint density at radius 3 is 2.75 bits per heavy atom. The number of fused-ring (bicyclic) bond motifs is 1. The number of nitrogens with two attached hydrogens (primary N) is 1. The molecule has 3 N–H and O–H groups in total. The van der Waals surface area contributed by atoms with Gasteiger partial charge >= 0.3 is 0 Å². The Kier molecular flexibility index (Phi) is 3.25. The first-order chi connectivity index (χ1) is 7.68. The molecular formula is C13H19N3. The summed E-state index contributed by atoms with van der Waals surface area (Å²) in [6, 6.07) is 8.62. The molecule has 3 heteroatoms. The second-order valence-corrected chi connectivity index (χ2v) is 4.47. The molecule has 1 aromatic rings. The van der Waals surface area contributed by atoms with Crippen LogP contribution in [0.2, 0.25) is 0 Å². The fourth-order valence-electron chi connectivity index (χ4n) is 2.25. The third-order valence-electron chi connectivity index (χ3n) is 3.38. The maximum atomic E-state index is 7.53. The van der Waals surface area contributed by atoms with Gasteiger partial charge in [-0.1, -0.05) is 24.3 Å². The zero-order valence-electron chi connectivity index (χ0n) is 9.74. The van der Waals surface area contributed by atoms with Crippen molar-refractivity contribution in [3.05, 3.63) is 35.4 Å². The van der Waals surface area contributed by atoms with Crippen LogP contribution in [0.4, 0.5) is 0 Å². The smallest absolute Gasteiger partial charge is 0.108 e. The summed E-state index contributed by atoms with van der Waals surface area (Å²) in [4.78, 5) is 2.29. The van der Waals surface area contributed by atoms with E-state index in [0.29, 0.717) is 0 Å². The van der Waals surface area contributed by atoms with E-state index in [-0.39, 0.29) is 11.9 Å². The van der Waals surface area contributed by atoms with E-state index in [1.807, 2.05) is 6.92 Å². The first-order valence-corrected chi connectivity index (χ1v) is 5.83. The maximum Gasteiger partial charge on any atom is 0.108 e. The average Bonchev–Trinajstić information content (AvgIpc) is 2.49. The lowest BCUT2D eigenvalue weighted by Crippen LogP contribution is -2.41. The van der Waals surface area contributed by atoms with Crippen molar-refractivity contribution >= 4 is 5.84 Å². The van der Waals surface area contributed by atoms with Gasteiger partial charge in [0.15, 0.2) is 0 Å². The minimum Gasteiger partial charge on any atom is -0.386 e. The zero-order chi connectivity index (χ0) is 11.5. The monoisotopic (exact) mass is 217 g/mol. The SMILES string of the molecule is CC(C(=N)N)N1CCCc2ccccc2C1. The molecular weight excluding hydrogens is 198 g/mol. The summed E-state index contributed by atoms with van der Waals surface area (Å²) >= 11 is 0. The normalized spacial score (nSPS) is 18.6. The van der Waals surface area contributed by atoms with Gasteiger partial charge in [0.1, 0.15) is 5.84 Å². The van der Waals surface area contributed by atoms with E-state index in [4.69, 9.17) is 11.1 Å². The van der Waals surface area contributed by atoms with Crippen molar-refractivity contribution in [1.82, 2.24) is 4.90 Å². The summed E-state index contributed by atoms with van der Waals surface area (Å²) in [5.41, 5.74) is 8.41. The number of amidine groups is 1. The minimum atomic E-state index is 0.0474. The number of hydrogen-bond donors (Lipinski definition) is 2. The Morgan fingerprint density at radius 1 is 1.38 bits per heavy atom. The molecule has 0 aromatic heterocycles. The Morgan fingerprint density at radius 2 is 2.06 bits per heavy atom. The van der Waals surface area contributed by atoms with Gasteiger partial charge < -0.3 is 5.73 Å². The second kappa shape index (κ2) is 4.66. The number of benzene rings is 1. The standard InChI is InChI=1S/C13H19N3/c1-10(13(14)15)16-8-4-7-11-5-2-3-6-12(11)9-16/h2-3,5-6,10H,4,7-9H2,1H3,(H3,14,15). The second-order valence-electron chi connectivity index (χ2n) is 4.47. The molecule has 1 aromatic carbocycles. The molecule has 1 aliphatic heterocycles. The summed E-state index contributed by atoms with van der Waals surface area (Å²) in [6.07, 6.45) is 2.28. The van der Waals surface area contributed by atoms with Crippen molar-refractivity contribution in [2.45, 2.75) is 32.4 Å². The van der Waals surface area contributed by atoms with Crippen molar-refractivity contribution in [3.8, 4) is 0 Å². The van der Waals surface area contributed by atoms with E-state index in [9.17, 15) is 0 Å². The Balaban J connectivity index is 2.19. The quantitative estimate of drug-likeness (QED) is 0.586. The molecule has 0 bridgehead atoms. The third-order valence-corrected chi connectivity index (χ3v) is 3.38. The Bertz CT molecular complexity index is 387. The molecule has 0 fully saturated rings. The van der Waals surface area contributed by atoms with Crippen LogP contribution in [0.5, 0.6) is 0 Å². The predicted molar refractivity (Wildman–Crippen MR) is 66.5 cm³/mol. The van der Waals surface area contributed by atoms with Crippen molar-refractivity contribution in [3.63, 3.8) is 0 Å². The van der Waals surface area contributed by atoms with Gasteiger partial charge in [-0.3, -0.25) is 10.3 Å². The van der Waals surface area contributed by atoms with Gasteiger partial charge in [-0.25, -0.2) is 0 Å². The van der Waals surface area contributed by atoms with Crippen molar-refractivity contribution < 1.29 is 0 Å². The van der Waals surface area contributed by atoms with Gasteiger partial charge in [0, 0.05) is 6.54 Å². The fourth-order valence-corrected chi connectivity index (χ4v) is 2.25. The molecule has 0 saturated carbocycles. The fraction of sp³-hybridized carbons (Fsp3) is 0.462. The third kappa shape index (κ3) is 2.25. The number of rotatable bonds is 2. The van der Waals surface area contributed by atoms with E-state index in [2.05, 4.69) is 29.2 Å². The summed E-state index contributed by atoms with van der Waals surface area (Å²) in [6.45, 7) is 3.95. The van der Waals surface area contributed by atoms with Gasteiger partial charge in [0.25, 0.3) is 0 Å². The van der Waals surface area contributed by atoms with Gasteiger partial charge in [0.05, 0.1) is 6.04 Å². The lowest BCUT2D eigenvalue weighted by atomic mass is 10.0. The predicted octanol–water partition coefficient (Wildman–Crippen LogP) is 1.76. The van der Waals surface area contributed by atoms with Crippen LogP contribution in [0.15, 0.2) is 24.3 Å². The van der Waals surface area contributed by atoms with E-state index < -0.39 is 0 Å². The lowest BCUT2D eigenvalue weighted by Gasteiger charge is -2.26. The van der Waals surface area contributed by atoms with Crippen LogP contribution in [-0.2, 0) is 13.0 Å². The summed E-state index contributed by atoms with van der Waals surface area (Å²) in [7, 11) is 0. The maximum absolute atomic E-state index is 7.53. The minimum absolute atomic E-state index is 0.0474. The Labute approximate surface area is 96.8 Å². The molecule has 1 aliphatic rings. The van der Waals surface area contributed by atoms with Gasteiger partial charge in [-0.05, 0) is 37.4 Å². The summed E-state index contributed by atoms with van der Waals surface area (Å²) in [5, 5.41) is 7.53. The van der Waals surface area contributed by atoms with Crippen LogP contribution in [0.25, 0.3) is 0 Å². The highest BCUT2D eigenvalue weighted by Crippen LogP contribution is 2.19. The van der Waals surface area contributed by atoms with Crippen LogP contribution in [0.3, 0.4) is 0 Å². The van der Waals surface area contributed by atoms with E-state index >= 15 is 0 Å². The summed E-state index contributed by atoms with van der Waals surface area (Å²) in [5.74, 6) is 0.263. The molecule has 2 rings (SSSR count). The van der Waals surface area contributed by atoms with Gasteiger partial charge in [-0.2, -0.15) is 0 Å². The van der Waals surface area contributed by atoms with E-state index in [0.717, 1.165) is 25.9 Å².